The normalized spacial score (nSPS) is 26.5. The summed E-state index contributed by atoms with van der Waals surface area (Å²) in [6.45, 7) is 17.6. The molecule has 0 aromatic carbocycles. The first kappa shape index (κ1) is 21.2. The Morgan fingerprint density at radius 2 is 0.579 bits per heavy atom. The van der Waals surface area contributed by atoms with Crippen molar-refractivity contribution >= 4 is 17.2 Å². The zero-order chi connectivity index (χ0) is 14.0. The minimum atomic E-state index is 0. The zero-order valence-electron chi connectivity index (χ0n) is 13.3. The van der Waals surface area contributed by atoms with Gasteiger partial charge in [-0.1, -0.05) is 72.6 Å². The summed E-state index contributed by atoms with van der Waals surface area (Å²) in [7, 11) is 2.87. The molecule has 2 aliphatic rings. The molecule has 10 radical (unpaired) electrons. The van der Waals surface area contributed by atoms with Gasteiger partial charge in [0.2, 0.25) is 0 Å². The first-order valence-electron chi connectivity index (χ1n) is 6.39. The zero-order valence-corrected chi connectivity index (χ0v) is 17.7. The summed E-state index contributed by atoms with van der Waals surface area (Å²) in [5.74, 6) is 5.98. The monoisotopic (exact) mass is 430 g/mol. The van der Waals surface area contributed by atoms with E-state index in [0.29, 0.717) is 0 Å². The molecular weight excluding hydrogens is 404 g/mol. The van der Waals surface area contributed by atoms with Gasteiger partial charge in [0.15, 0.2) is 0 Å². The predicted molar refractivity (Wildman–Crippen MR) is 85.2 cm³/mol. The van der Waals surface area contributed by atoms with Crippen molar-refractivity contribution in [3.8, 4) is 0 Å². The van der Waals surface area contributed by atoms with Crippen LogP contribution in [0.1, 0.15) is 55.4 Å². The van der Waals surface area contributed by atoms with E-state index in [1.54, 1.807) is 0 Å². The fourth-order valence-electron chi connectivity index (χ4n) is 1.92. The van der Waals surface area contributed by atoms with Crippen molar-refractivity contribution in [3.05, 3.63) is 46.3 Å². The van der Waals surface area contributed by atoms with Gasteiger partial charge in [0.05, 0.1) is 0 Å². The Kier molecular flexibility index (Phi) is 10.4. The van der Waals surface area contributed by atoms with E-state index in [0.717, 1.165) is 0 Å². The van der Waals surface area contributed by atoms with Crippen LogP contribution in [0.5, 0.6) is 0 Å². The molecule has 2 aliphatic heterocycles. The van der Waals surface area contributed by atoms with Gasteiger partial charge in [-0.2, -0.15) is 0 Å². The van der Waals surface area contributed by atoms with E-state index in [-0.39, 0.29) is 40.4 Å². The van der Waals surface area contributed by atoms with E-state index in [1.807, 2.05) is 0 Å². The first-order valence-corrected chi connectivity index (χ1v) is 8.18. The first-order chi connectivity index (χ1) is 8.25. The molecule has 0 aromatic heterocycles. The summed E-state index contributed by atoms with van der Waals surface area (Å²) in [6.07, 6.45) is 0. The Morgan fingerprint density at radius 1 is 0.421 bits per heavy atom. The fraction of sp³-hybridized carbons (Fsp3) is 0.500. The third kappa shape index (κ3) is 5.72. The van der Waals surface area contributed by atoms with Gasteiger partial charge < -0.3 is 0 Å². The van der Waals surface area contributed by atoms with Crippen molar-refractivity contribution in [3.63, 3.8) is 0 Å². The van der Waals surface area contributed by atoms with Gasteiger partial charge in [0, 0.05) is 63.0 Å². The summed E-state index contributed by atoms with van der Waals surface area (Å²) in [6, 6.07) is 0. The topological polar surface area (TPSA) is 0 Å². The van der Waals surface area contributed by atoms with E-state index in [2.05, 4.69) is 55.4 Å². The molecule has 0 unspecified atom stereocenters. The van der Waals surface area contributed by atoms with E-state index < -0.39 is 0 Å². The molecule has 0 bridgehead atoms. The average molecular weight is 429 g/mol. The Morgan fingerprint density at radius 3 is 0.632 bits per heavy atom. The summed E-state index contributed by atoms with van der Waals surface area (Å²) >= 11 is 0. The Balaban J connectivity index is 0.000000324. The van der Waals surface area contributed by atoms with E-state index in [9.17, 15) is 0 Å². The summed E-state index contributed by atoms with van der Waals surface area (Å²) < 4.78 is 0. The molecule has 0 aliphatic carbocycles. The standard InChI is InChI=1S/2C8H12P.Sm/c2*1-5-6(2)8(4)9-7(5)3;/h2*1-4H3;. The van der Waals surface area contributed by atoms with E-state index >= 15 is 0 Å². The summed E-state index contributed by atoms with van der Waals surface area (Å²) in [4.78, 5) is 0. The molecule has 0 N–H and O–H groups in total. The van der Waals surface area contributed by atoms with Crippen molar-refractivity contribution < 1.29 is 40.4 Å². The van der Waals surface area contributed by atoms with Crippen LogP contribution < -0.4 is 0 Å². The van der Waals surface area contributed by atoms with Crippen LogP contribution in [-0.4, -0.2) is 0 Å². The maximum atomic E-state index is 2.21. The smallest absolute Gasteiger partial charge is 0.00887 e. The van der Waals surface area contributed by atoms with Crippen LogP contribution in [0.25, 0.3) is 0 Å². The van der Waals surface area contributed by atoms with Crippen molar-refractivity contribution in [2.75, 3.05) is 0 Å². The third-order valence-corrected chi connectivity index (χ3v) is 6.65. The SMILES string of the molecule is C[C]1[P][C](C)[C](C)[C]1C.C[C]1[P][C](C)[C](C)[C]1C.[Sm]. The predicted octanol–water partition coefficient (Wildman–Crippen LogP) is 6.48. The molecule has 2 heterocycles. The van der Waals surface area contributed by atoms with Crippen molar-refractivity contribution in [2.45, 2.75) is 55.4 Å². The molecular formula is C16H24P2Sm. The van der Waals surface area contributed by atoms with Gasteiger partial charge in [-0.25, -0.2) is 0 Å². The molecule has 0 spiro atoms. The average Bonchev–Trinajstić information content (AvgIpc) is 2.66. The quantitative estimate of drug-likeness (QED) is 0.388. The van der Waals surface area contributed by atoms with Crippen LogP contribution in [0.3, 0.4) is 0 Å². The van der Waals surface area contributed by atoms with Gasteiger partial charge in [-0.05, 0) is 23.7 Å². The van der Waals surface area contributed by atoms with Crippen molar-refractivity contribution in [2.24, 2.45) is 0 Å². The van der Waals surface area contributed by atoms with Crippen LogP contribution in [0.4, 0.5) is 0 Å². The molecule has 0 atom stereocenters. The Hall–Kier alpha value is 2.20. The molecule has 0 aromatic rings. The Labute approximate surface area is 158 Å². The van der Waals surface area contributed by atoms with Crippen molar-refractivity contribution in [1.29, 1.82) is 0 Å². The molecule has 2 rings (SSSR count). The Bertz CT molecular complexity index is 209. The molecule has 3 heteroatoms. The van der Waals surface area contributed by atoms with Crippen LogP contribution in [-0.2, 0) is 0 Å². The van der Waals surface area contributed by atoms with Crippen LogP contribution >= 0.6 is 17.2 Å². The van der Waals surface area contributed by atoms with Gasteiger partial charge in [0.25, 0.3) is 0 Å². The minimum absolute atomic E-state index is 0. The maximum absolute atomic E-state index is 2.21. The summed E-state index contributed by atoms with van der Waals surface area (Å²) in [5.41, 5.74) is 6.07. The minimum Gasteiger partial charge on any atom is -0.0646 e. The third-order valence-electron chi connectivity index (χ3n) is 3.97. The van der Waals surface area contributed by atoms with Crippen LogP contribution in [0.15, 0.2) is 0 Å². The fourth-order valence-corrected chi connectivity index (χ4v) is 4.27. The molecule has 19 heavy (non-hydrogen) atoms. The second-order valence-corrected chi connectivity index (χ2v) is 8.20. The van der Waals surface area contributed by atoms with Crippen molar-refractivity contribution in [1.82, 2.24) is 0 Å². The van der Waals surface area contributed by atoms with E-state index in [1.165, 1.54) is 63.5 Å². The molecule has 0 saturated carbocycles. The van der Waals surface area contributed by atoms with Gasteiger partial charge >= 0.3 is 0 Å². The molecule has 0 amide bonds. The van der Waals surface area contributed by atoms with Crippen LogP contribution in [0.2, 0.25) is 0 Å². The molecule has 2 fully saturated rings. The summed E-state index contributed by atoms with van der Waals surface area (Å²) in [5, 5.41) is 0. The molecule has 0 nitrogen and oxygen atoms in total. The second-order valence-electron chi connectivity index (χ2n) is 5.07. The number of rotatable bonds is 0. The van der Waals surface area contributed by atoms with Gasteiger partial charge in [-0.3, -0.25) is 0 Å². The number of hydrogen-bond donors (Lipinski definition) is 0. The second kappa shape index (κ2) is 9.36. The maximum Gasteiger partial charge on any atom is 0.00887 e. The molecule has 2 saturated heterocycles. The van der Waals surface area contributed by atoms with Gasteiger partial charge in [-0.15, -0.1) is 0 Å². The van der Waals surface area contributed by atoms with Gasteiger partial charge in [0.1, 0.15) is 0 Å². The number of hydrogen-bond acceptors (Lipinski definition) is 0. The molecule has 104 valence electrons. The van der Waals surface area contributed by atoms with Crippen LogP contribution in [0, 0.1) is 86.7 Å². The van der Waals surface area contributed by atoms with E-state index in [4.69, 9.17) is 0 Å². The largest absolute Gasteiger partial charge is 0.0646 e.